The molecule has 0 aromatic heterocycles. The highest BCUT2D eigenvalue weighted by molar-refractivity contribution is 6.31. The molecule has 2 fully saturated rings. The fraction of sp³-hybridized carbons (Fsp3) is 0.279. The second kappa shape index (κ2) is 20.2. The van der Waals surface area contributed by atoms with Crippen LogP contribution in [0.4, 0.5) is 25.0 Å². The van der Waals surface area contributed by atoms with Gasteiger partial charge in [0, 0.05) is 92.3 Å². The lowest BCUT2D eigenvalue weighted by atomic mass is 10.1. The molecular weight excluding hydrogens is 771 g/mol. The molecule has 300 valence electrons. The predicted octanol–water partition coefficient (Wildman–Crippen LogP) is 7.52. The lowest BCUT2D eigenvalue weighted by Crippen LogP contribution is -2.53. The summed E-state index contributed by atoms with van der Waals surface area (Å²) in [5.74, 6) is -0.609. The summed E-state index contributed by atoms with van der Waals surface area (Å²) in [6.07, 6.45) is 6.42. The Balaban J connectivity index is 0.000000219. The minimum atomic E-state index is -0.704. The Morgan fingerprint density at radius 2 is 1.12 bits per heavy atom. The monoisotopic (exact) mass is 817 g/mol. The summed E-state index contributed by atoms with van der Waals surface area (Å²) in [5.41, 5.74) is 15.6. The number of amides is 4. The molecule has 2 heterocycles. The zero-order chi connectivity index (χ0) is 41.1. The molecule has 2 saturated heterocycles. The first-order valence-corrected chi connectivity index (χ1v) is 19.3. The molecule has 6 rings (SSSR count). The number of nitrogen functional groups attached to an aromatic ring is 1. The number of halogens is 4. The summed E-state index contributed by atoms with van der Waals surface area (Å²) in [7, 11) is 0. The van der Waals surface area contributed by atoms with Gasteiger partial charge in [0.25, 0.3) is 0 Å². The summed E-state index contributed by atoms with van der Waals surface area (Å²) in [6, 6.07) is 22.6. The van der Waals surface area contributed by atoms with Crippen LogP contribution in [0.15, 0.2) is 97.1 Å². The smallest absolute Gasteiger partial charge is 0.316 e. The van der Waals surface area contributed by atoms with Crippen molar-refractivity contribution in [2.24, 2.45) is 5.73 Å². The van der Waals surface area contributed by atoms with Crippen LogP contribution in [-0.2, 0) is 22.7 Å². The summed E-state index contributed by atoms with van der Waals surface area (Å²) >= 11 is 11.9. The Morgan fingerprint density at radius 1 is 0.684 bits per heavy atom. The van der Waals surface area contributed by atoms with Crippen molar-refractivity contribution in [2.75, 3.05) is 50.3 Å². The van der Waals surface area contributed by atoms with Crippen LogP contribution in [0.25, 0.3) is 12.2 Å². The first-order valence-electron chi connectivity index (χ1n) is 18.6. The summed E-state index contributed by atoms with van der Waals surface area (Å²) < 4.78 is 26.1. The van der Waals surface area contributed by atoms with Gasteiger partial charge in [-0.3, -0.25) is 19.4 Å². The van der Waals surface area contributed by atoms with Crippen molar-refractivity contribution >= 4 is 64.6 Å². The van der Waals surface area contributed by atoms with Crippen molar-refractivity contribution < 1.29 is 23.2 Å². The molecule has 0 bridgehead atoms. The molecule has 0 spiro atoms. The second-order valence-electron chi connectivity index (χ2n) is 14.1. The van der Waals surface area contributed by atoms with Crippen LogP contribution in [0.3, 0.4) is 0 Å². The maximum absolute atomic E-state index is 13.1. The average molecular weight is 819 g/mol. The van der Waals surface area contributed by atoms with E-state index in [1.54, 1.807) is 78.9 Å². The number of rotatable bonds is 9. The van der Waals surface area contributed by atoms with Gasteiger partial charge in [-0.15, -0.1) is 0 Å². The number of carbonyl (C=O) groups is 3. The standard InChI is InChI=1S/C22H24ClFN4O2.C21H23ClFN3O/c1-15-13-27(14-16-2-7-19(24)8-3-16)10-11-28(15)21(29)9-5-17-4-6-18(23)12-20(17)26-22(25)30;1-15-13-25(14-16-2-7-19(23)8-3-16)10-11-26(15)21(27)9-5-17-4-6-18(22)12-20(17)24/h2-9,12,15H,10-11,13-14H2,1H3,(H3,25,26,30);2-9,12,15H,10-11,13-14,24H2,1H3/b2*9-5+/t2*15-/m00/s1. The minimum Gasteiger partial charge on any atom is -0.398 e. The molecule has 4 aromatic carbocycles. The number of nitrogens with two attached hydrogens (primary N) is 2. The van der Waals surface area contributed by atoms with Crippen molar-refractivity contribution in [1.29, 1.82) is 0 Å². The molecule has 2 aliphatic heterocycles. The van der Waals surface area contributed by atoms with Gasteiger partial charge in [-0.1, -0.05) is 59.6 Å². The molecule has 0 radical (unpaired) electrons. The van der Waals surface area contributed by atoms with E-state index >= 15 is 0 Å². The number of benzene rings is 4. The number of primary amides is 1. The number of anilines is 2. The number of nitrogens with one attached hydrogen (secondary N) is 1. The van der Waals surface area contributed by atoms with Gasteiger partial charge in [0.2, 0.25) is 11.8 Å². The molecule has 0 unspecified atom stereocenters. The van der Waals surface area contributed by atoms with Gasteiger partial charge in [0.15, 0.2) is 0 Å². The Bertz CT molecular complexity index is 2080. The number of carbonyl (C=O) groups excluding carboxylic acids is 3. The van der Waals surface area contributed by atoms with Gasteiger partial charge in [0.1, 0.15) is 11.6 Å². The highest BCUT2D eigenvalue weighted by Crippen LogP contribution is 2.24. The molecular formula is C43H47Cl2F2N7O3. The Morgan fingerprint density at radius 3 is 1.56 bits per heavy atom. The molecule has 0 saturated carbocycles. The molecule has 2 atom stereocenters. The van der Waals surface area contributed by atoms with Crippen LogP contribution in [0.5, 0.6) is 0 Å². The van der Waals surface area contributed by atoms with Crippen LogP contribution in [0.1, 0.15) is 36.1 Å². The number of nitrogens with zero attached hydrogens (tertiary/aromatic N) is 4. The lowest BCUT2D eigenvalue weighted by Gasteiger charge is -2.39. The highest BCUT2D eigenvalue weighted by atomic mass is 35.5. The highest BCUT2D eigenvalue weighted by Gasteiger charge is 2.27. The molecule has 4 aromatic rings. The number of piperazine rings is 2. The lowest BCUT2D eigenvalue weighted by molar-refractivity contribution is -0.131. The van der Waals surface area contributed by atoms with E-state index in [9.17, 15) is 23.2 Å². The van der Waals surface area contributed by atoms with Gasteiger partial charge in [-0.2, -0.15) is 0 Å². The number of urea groups is 1. The molecule has 4 amide bonds. The SMILES string of the molecule is C[C@H]1CN(Cc2ccc(F)cc2)CCN1C(=O)/C=C/c1ccc(Cl)cc1N.C[C@H]1CN(Cc2ccc(F)cc2)CCN1C(=O)/C=C/c1ccc(Cl)cc1NC(N)=O. The summed E-state index contributed by atoms with van der Waals surface area (Å²) in [4.78, 5) is 44.7. The van der Waals surface area contributed by atoms with Crippen molar-refractivity contribution in [2.45, 2.75) is 39.0 Å². The zero-order valence-electron chi connectivity index (χ0n) is 31.9. The van der Waals surface area contributed by atoms with Crippen molar-refractivity contribution in [1.82, 2.24) is 19.6 Å². The van der Waals surface area contributed by atoms with Gasteiger partial charge >= 0.3 is 6.03 Å². The van der Waals surface area contributed by atoms with Gasteiger partial charge < -0.3 is 26.6 Å². The zero-order valence-corrected chi connectivity index (χ0v) is 33.4. The van der Waals surface area contributed by atoms with Crippen molar-refractivity contribution in [3.8, 4) is 0 Å². The molecule has 10 nitrogen and oxygen atoms in total. The quantitative estimate of drug-likeness (QED) is 0.119. The number of hydrogen-bond donors (Lipinski definition) is 3. The average Bonchev–Trinajstić information content (AvgIpc) is 3.16. The molecule has 57 heavy (non-hydrogen) atoms. The molecule has 14 heteroatoms. The van der Waals surface area contributed by atoms with Crippen LogP contribution in [0, 0.1) is 11.6 Å². The normalized spacial score (nSPS) is 17.7. The third-order valence-corrected chi connectivity index (χ3v) is 10.2. The number of hydrogen-bond acceptors (Lipinski definition) is 6. The van der Waals surface area contributed by atoms with E-state index < -0.39 is 6.03 Å². The third kappa shape index (κ3) is 12.9. The van der Waals surface area contributed by atoms with Crippen molar-refractivity contribution in [3.63, 3.8) is 0 Å². The van der Waals surface area contributed by atoms with Crippen molar-refractivity contribution in [3.05, 3.63) is 141 Å². The van der Waals surface area contributed by atoms with E-state index in [2.05, 4.69) is 15.1 Å². The van der Waals surface area contributed by atoms with Gasteiger partial charge in [-0.25, -0.2) is 13.6 Å². The van der Waals surface area contributed by atoms with E-state index in [0.717, 1.165) is 56.0 Å². The second-order valence-corrected chi connectivity index (χ2v) is 15.0. The summed E-state index contributed by atoms with van der Waals surface area (Å²) in [5, 5.41) is 3.53. The van der Waals surface area contributed by atoms with Gasteiger partial charge in [-0.05, 0) is 96.8 Å². The Kier molecular flexibility index (Phi) is 15.2. The fourth-order valence-electron chi connectivity index (χ4n) is 6.83. The van der Waals surface area contributed by atoms with E-state index in [-0.39, 0.29) is 35.5 Å². The maximum Gasteiger partial charge on any atom is 0.316 e. The van der Waals surface area contributed by atoms with E-state index in [4.69, 9.17) is 34.7 Å². The van der Waals surface area contributed by atoms with Gasteiger partial charge in [0.05, 0.1) is 5.69 Å². The Labute approximate surface area is 342 Å². The third-order valence-electron chi connectivity index (χ3n) is 9.76. The van der Waals surface area contributed by atoms with Crippen LogP contribution in [-0.4, -0.2) is 88.8 Å². The largest absolute Gasteiger partial charge is 0.398 e. The van der Waals surface area contributed by atoms with Crippen LogP contribution in [0.2, 0.25) is 10.0 Å². The van der Waals surface area contributed by atoms with E-state index in [1.807, 2.05) is 23.6 Å². The molecule has 0 aliphatic carbocycles. The van der Waals surface area contributed by atoms with E-state index in [0.29, 0.717) is 40.1 Å². The van der Waals surface area contributed by atoms with E-state index in [1.165, 1.54) is 30.3 Å². The van der Waals surface area contributed by atoms with Crippen LogP contribution < -0.4 is 16.8 Å². The van der Waals surface area contributed by atoms with Crippen LogP contribution >= 0.6 is 23.2 Å². The fourth-order valence-corrected chi connectivity index (χ4v) is 7.18. The topological polar surface area (TPSA) is 128 Å². The molecule has 5 N–H and O–H groups in total. The first kappa shape index (κ1) is 42.9. The predicted molar refractivity (Wildman–Crippen MR) is 224 cm³/mol. The first-order chi connectivity index (χ1) is 27.2. The maximum atomic E-state index is 13.1. The minimum absolute atomic E-state index is 0.0294. The Hall–Kier alpha value is -5.27. The summed E-state index contributed by atoms with van der Waals surface area (Å²) in [6.45, 7) is 9.79. The molecule has 2 aliphatic rings.